The van der Waals surface area contributed by atoms with E-state index in [4.69, 9.17) is 11.6 Å². The van der Waals surface area contributed by atoms with Gasteiger partial charge in [0.2, 0.25) is 0 Å². The van der Waals surface area contributed by atoms with Crippen LogP contribution in [0.2, 0.25) is 0 Å². The molecule has 0 amide bonds. The summed E-state index contributed by atoms with van der Waals surface area (Å²) < 4.78 is 0. The molecule has 0 spiro atoms. The lowest BCUT2D eigenvalue weighted by atomic mass is 9.93. The molecule has 0 aromatic heterocycles. The average molecular weight is 395 g/mol. The third kappa shape index (κ3) is 5.61. The van der Waals surface area contributed by atoms with Gasteiger partial charge in [-0.1, -0.05) is 92.9 Å². The van der Waals surface area contributed by atoms with E-state index in [1.54, 1.807) is 0 Å². The summed E-state index contributed by atoms with van der Waals surface area (Å²) in [4.78, 5) is 0. The van der Waals surface area contributed by atoms with Crippen molar-refractivity contribution in [3.05, 3.63) is 81.9 Å². The Labute approximate surface area is 177 Å². The second kappa shape index (κ2) is 10.7. The summed E-state index contributed by atoms with van der Waals surface area (Å²) in [5, 5.41) is 0.963. The molecule has 0 radical (unpaired) electrons. The molecule has 0 aliphatic rings. The highest BCUT2D eigenvalue weighted by Crippen LogP contribution is 2.31. The van der Waals surface area contributed by atoms with Gasteiger partial charge in [-0.05, 0) is 79.3 Å². The van der Waals surface area contributed by atoms with Crippen molar-refractivity contribution >= 4 is 22.2 Å². The highest BCUT2D eigenvalue weighted by atomic mass is 35.5. The fraction of sp³-hybridized carbons (Fsp3) is 0.407. The SMILES string of the molecule is C=C(C)c1cc(CCc2ccc(C(Cl)=C(CC)CC)c(CCC)c2)ccc1C. The molecule has 0 nitrogen and oxygen atoms in total. The first kappa shape index (κ1) is 22.5. The van der Waals surface area contributed by atoms with Gasteiger partial charge in [-0.2, -0.15) is 0 Å². The van der Waals surface area contributed by atoms with Crippen LogP contribution in [0.25, 0.3) is 10.6 Å². The smallest absolute Gasteiger partial charge is 0.0472 e. The van der Waals surface area contributed by atoms with E-state index in [0.29, 0.717) is 0 Å². The van der Waals surface area contributed by atoms with Crippen molar-refractivity contribution in [2.24, 2.45) is 0 Å². The molecule has 28 heavy (non-hydrogen) atoms. The third-order valence-corrected chi connectivity index (χ3v) is 6.02. The van der Waals surface area contributed by atoms with Crippen molar-refractivity contribution in [3.63, 3.8) is 0 Å². The van der Waals surface area contributed by atoms with Crippen LogP contribution in [0.4, 0.5) is 0 Å². The van der Waals surface area contributed by atoms with E-state index in [9.17, 15) is 0 Å². The minimum absolute atomic E-state index is 0.963. The molecule has 2 aromatic carbocycles. The van der Waals surface area contributed by atoms with Crippen LogP contribution >= 0.6 is 11.6 Å². The fourth-order valence-corrected chi connectivity index (χ4v) is 4.27. The van der Waals surface area contributed by atoms with Gasteiger partial charge in [-0.15, -0.1) is 0 Å². The van der Waals surface area contributed by atoms with Crippen molar-refractivity contribution in [3.8, 4) is 0 Å². The summed E-state index contributed by atoms with van der Waals surface area (Å²) in [6.45, 7) is 15.0. The number of hydrogen-bond donors (Lipinski definition) is 0. The highest BCUT2D eigenvalue weighted by Gasteiger charge is 2.11. The summed E-state index contributed by atoms with van der Waals surface area (Å²) in [5.74, 6) is 0. The van der Waals surface area contributed by atoms with E-state index in [2.05, 4.69) is 77.6 Å². The minimum Gasteiger partial charge on any atom is -0.0955 e. The van der Waals surface area contributed by atoms with Crippen LogP contribution in [-0.2, 0) is 19.3 Å². The summed E-state index contributed by atoms with van der Waals surface area (Å²) in [7, 11) is 0. The zero-order valence-corrected chi connectivity index (χ0v) is 19.0. The first-order valence-electron chi connectivity index (χ1n) is 10.7. The van der Waals surface area contributed by atoms with E-state index >= 15 is 0 Å². The Morgan fingerprint density at radius 2 is 1.46 bits per heavy atom. The first-order valence-corrected chi connectivity index (χ1v) is 11.0. The van der Waals surface area contributed by atoms with Crippen LogP contribution < -0.4 is 0 Å². The Bertz CT molecular complexity index is 849. The molecular weight excluding hydrogens is 360 g/mol. The van der Waals surface area contributed by atoms with Crippen LogP contribution in [-0.4, -0.2) is 0 Å². The second-order valence-corrected chi connectivity index (χ2v) is 8.17. The number of benzene rings is 2. The van der Waals surface area contributed by atoms with Crippen LogP contribution in [0.15, 0.2) is 48.6 Å². The fourth-order valence-electron chi connectivity index (χ4n) is 3.82. The average Bonchev–Trinajstić information content (AvgIpc) is 2.68. The molecule has 1 heteroatoms. The molecule has 0 N–H and O–H groups in total. The Hall–Kier alpha value is -1.79. The van der Waals surface area contributed by atoms with E-state index in [1.807, 2.05) is 0 Å². The molecule has 150 valence electrons. The van der Waals surface area contributed by atoms with Gasteiger partial charge in [0, 0.05) is 5.03 Å². The van der Waals surface area contributed by atoms with Crippen LogP contribution in [0.3, 0.4) is 0 Å². The number of halogens is 1. The van der Waals surface area contributed by atoms with E-state index in [1.165, 1.54) is 39.0 Å². The van der Waals surface area contributed by atoms with Crippen molar-refractivity contribution in [2.75, 3.05) is 0 Å². The molecule has 0 atom stereocenters. The maximum atomic E-state index is 6.77. The van der Waals surface area contributed by atoms with E-state index in [0.717, 1.165) is 49.1 Å². The molecule has 2 rings (SSSR count). The Morgan fingerprint density at radius 3 is 2.04 bits per heavy atom. The molecule has 0 saturated heterocycles. The number of rotatable bonds is 9. The Kier molecular flexibility index (Phi) is 8.58. The Morgan fingerprint density at radius 1 is 0.857 bits per heavy atom. The Balaban J connectivity index is 2.26. The van der Waals surface area contributed by atoms with Gasteiger partial charge < -0.3 is 0 Å². The van der Waals surface area contributed by atoms with Gasteiger partial charge >= 0.3 is 0 Å². The highest BCUT2D eigenvalue weighted by molar-refractivity contribution is 6.49. The van der Waals surface area contributed by atoms with Crippen LogP contribution in [0.5, 0.6) is 0 Å². The van der Waals surface area contributed by atoms with Crippen molar-refractivity contribution in [1.82, 2.24) is 0 Å². The summed E-state index contributed by atoms with van der Waals surface area (Å²) in [5.41, 5.74) is 10.4. The molecule has 0 fully saturated rings. The molecule has 0 bridgehead atoms. The maximum Gasteiger partial charge on any atom is 0.0472 e. The van der Waals surface area contributed by atoms with Gasteiger partial charge in [0.15, 0.2) is 0 Å². The largest absolute Gasteiger partial charge is 0.0955 e. The predicted octanol–water partition coefficient (Wildman–Crippen LogP) is 8.54. The first-order chi connectivity index (χ1) is 13.4. The lowest BCUT2D eigenvalue weighted by molar-refractivity contribution is 0.903. The third-order valence-electron chi connectivity index (χ3n) is 5.55. The zero-order chi connectivity index (χ0) is 20.7. The monoisotopic (exact) mass is 394 g/mol. The van der Waals surface area contributed by atoms with Crippen molar-refractivity contribution < 1.29 is 0 Å². The minimum atomic E-state index is 0.963. The van der Waals surface area contributed by atoms with Gasteiger partial charge in [0.25, 0.3) is 0 Å². The second-order valence-electron chi connectivity index (χ2n) is 7.80. The summed E-state index contributed by atoms with van der Waals surface area (Å²) >= 11 is 6.77. The number of aryl methyl sites for hydroxylation is 4. The molecule has 0 aliphatic heterocycles. The van der Waals surface area contributed by atoms with Crippen molar-refractivity contribution in [2.45, 2.75) is 73.1 Å². The molecule has 0 heterocycles. The van der Waals surface area contributed by atoms with Gasteiger partial charge in [0.05, 0.1) is 0 Å². The standard InChI is InChI=1S/C27H35Cl/c1-7-10-24-17-21(15-16-25(24)27(28)23(8-2)9-3)13-14-22-12-11-20(6)26(18-22)19(4)5/h11-12,15-18H,4,7-10,13-14H2,1-3,5-6H3. The van der Waals surface area contributed by atoms with Crippen LogP contribution in [0.1, 0.15) is 80.3 Å². The van der Waals surface area contributed by atoms with Crippen molar-refractivity contribution in [1.29, 1.82) is 0 Å². The summed E-state index contributed by atoms with van der Waals surface area (Å²) in [6.07, 6.45) is 6.33. The lowest BCUT2D eigenvalue weighted by Crippen LogP contribution is -1.98. The van der Waals surface area contributed by atoms with Gasteiger partial charge in [-0.25, -0.2) is 0 Å². The normalized spacial score (nSPS) is 10.8. The molecule has 0 saturated carbocycles. The topological polar surface area (TPSA) is 0 Å². The molecule has 0 aliphatic carbocycles. The maximum absolute atomic E-state index is 6.77. The molecular formula is C27H35Cl. The predicted molar refractivity (Wildman–Crippen MR) is 127 cm³/mol. The van der Waals surface area contributed by atoms with E-state index < -0.39 is 0 Å². The summed E-state index contributed by atoms with van der Waals surface area (Å²) in [6, 6.07) is 13.6. The lowest BCUT2D eigenvalue weighted by Gasteiger charge is -2.14. The van der Waals surface area contributed by atoms with E-state index in [-0.39, 0.29) is 0 Å². The van der Waals surface area contributed by atoms with Gasteiger partial charge in [-0.3, -0.25) is 0 Å². The number of hydrogen-bond acceptors (Lipinski definition) is 0. The molecule has 0 unspecified atom stereocenters. The number of allylic oxidation sites excluding steroid dienone is 2. The van der Waals surface area contributed by atoms with Gasteiger partial charge in [0.1, 0.15) is 0 Å². The van der Waals surface area contributed by atoms with Crippen LogP contribution in [0, 0.1) is 6.92 Å². The molecule has 2 aromatic rings. The zero-order valence-electron chi connectivity index (χ0n) is 18.3. The quantitative estimate of drug-likeness (QED) is 0.399.